The van der Waals surface area contributed by atoms with Crippen LogP contribution in [-0.4, -0.2) is 32.1 Å². The van der Waals surface area contributed by atoms with Crippen LogP contribution in [-0.2, 0) is 15.6 Å². The summed E-state index contributed by atoms with van der Waals surface area (Å²) in [6.45, 7) is 0. The smallest absolute Gasteiger partial charge is 0.497 e. The van der Waals surface area contributed by atoms with E-state index < -0.39 is 31.8 Å². The summed E-state index contributed by atoms with van der Waals surface area (Å²) in [4.78, 5) is 10.4. The van der Waals surface area contributed by atoms with Crippen molar-refractivity contribution in [3.63, 3.8) is 0 Å². The Bertz CT molecular complexity index is 924. The second kappa shape index (κ2) is 7.58. The molecular weight excluding hydrogens is 393 g/mol. The average Bonchev–Trinajstić information content (AvgIpc) is 2.58. The number of sulfone groups is 1. The monoisotopic (exact) mass is 406 g/mol. The van der Waals surface area contributed by atoms with Crippen molar-refractivity contribution in [1.29, 1.82) is 0 Å². The van der Waals surface area contributed by atoms with Gasteiger partial charge < -0.3 is 9.84 Å². The Morgan fingerprint density at radius 3 is 2.46 bits per heavy atom. The van der Waals surface area contributed by atoms with E-state index >= 15 is 0 Å². The first-order valence-corrected chi connectivity index (χ1v) is 9.47. The number of methoxy groups -OCH3 is 1. The number of thioether (sulfide) groups is 1. The van der Waals surface area contributed by atoms with Crippen LogP contribution in [0.4, 0.5) is 13.2 Å². The standard InChI is InChI=1S/C16H13F3O5S2/c1-24-11-4-2-3-10(7-11)9-25-14-6-5-12(8-13(14)15(20)21)26(22,23)16(17,18)19/h2-8H,9H2,1H3,(H,20,21). The number of aromatic carboxylic acids is 1. The van der Waals surface area contributed by atoms with Crippen LogP contribution in [0.25, 0.3) is 0 Å². The molecule has 2 aromatic carbocycles. The molecule has 26 heavy (non-hydrogen) atoms. The molecule has 0 bridgehead atoms. The first-order chi connectivity index (χ1) is 12.1. The lowest BCUT2D eigenvalue weighted by atomic mass is 10.2. The van der Waals surface area contributed by atoms with Crippen LogP contribution < -0.4 is 4.74 Å². The lowest BCUT2D eigenvalue weighted by Crippen LogP contribution is -2.23. The lowest BCUT2D eigenvalue weighted by molar-refractivity contribution is -0.0436. The molecule has 10 heteroatoms. The number of ether oxygens (including phenoxy) is 1. The minimum Gasteiger partial charge on any atom is -0.497 e. The van der Waals surface area contributed by atoms with Crippen LogP contribution in [0.15, 0.2) is 52.3 Å². The number of hydrogen-bond donors (Lipinski definition) is 1. The van der Waals surface area contributed by atoms with E-state index in [-0.39, 0.29) is 4.90 Å². The third-order valence-corrected chi connectivity index (χ3v) is 5.95. The third-order valence-electron chi connectivity index (χ3n) is 3.32. The summed E-state index contributed by atoms with van der Waals surface area (Å²) in [5.41, 5.74) is -5.21. The fourth-order valence-electron chi connectivity index (χ4n) is 2.03. The van der Waals surface area contributed by atoms with E-state index in [4.69, 9.17) is 4.74 Å². The van der Waals surface area contributed by atoms with Gasteiger partial charge in [0.1, 0.15) is 5.75 Å². The van der Waals surface area contributed by atoms with Gasteiger partial charge >= 0.3 is 11.5 Å². The van der Waals surface area contributed by atoms with E-state index in [0.717, 1.165) is 29.5 Å². The Hall–Kier alpha value is -2.20. The van der Waals surface area contributed by atoms with Crippen molar-refractivity contribution < 1.29 is 36.2 Å². The van der Waals surface area contributed by atoms with Crippen LogP contribution >= 0.6 is 11.8 Å². The van der Waals surface area contributed by atoms with Crippen LogP contribution in [0, 0.1) is 0 Å². The van der Waals surface area contributed by atoms with Gasteiger partial charge in [-0.25, -0.2) is 13.2 Å². The SMILES string of the molecule is COc1cccc(CSc2ccc(S(=O)(=O)C(F)(F)F)cc2C(=O)O)c1. The van der Waals surface area contributed by atoms with Crippen molar-refractivity contribution >= 4 is 27.6 Å². The first-order valence-electron chi connectivity index (χ1n) is 7.00. The van der Waals surface area contributed by atoms with Gasteiger partial charge in [-0.15, -0.1) is 11.8 Å². The predicted octanol–water partition coefficient (Wildman–Crippen LogP) is 3.98. The van der Waals surface area contributed by atoms with E-state index in [1.807, 2.05) is 0 Å². The van der Waals surface area contributed by atoms with Crippen LogP contribution in [0.3, 0.4) is 0 Å². The third kappa shape index (κ3) is 4.31. The van der Waals surface area contributed by atoms with Crippen molar-refractivity contribution in [1.82, 2.24) is 0 Å². The highest BCUT2D eigenvalue weighted by Crippen LogP contribution is 2.34. The number of carboxylic acids is 1. The molecule has 0 aliphatic carbocycles. The van der Waals surface area contributed by atoms with E-state index in [1.54, 1.807) is 24.3 Å². The normalized spacial score (nSPS) is 12.0. The van der Waals surface area contributed by atoms with Gasteiger partial charge in [0, 0.05) is 10.6 Å². The molecule has 0 heterocycles. The minimum atomic E-state index is -5.61. The molecule has 0 radical (unpaired) electrons. The van der Waals surface area contributed by atoms with E-state index in [2.05, 4.69) is 0 Å². The number of carboxylic acid groups (broad SMARTS) is 1. The number of halogens is 3. The lowest BCUT2D eigenvalue weighted by Gasteiger charge is -2.11. The Morgan fingerprint density at radius 2 is 1.88 bits per heavy atom. The van der Waals surface area contributed by atoms with Crippen LogP contribution in [0.2, 0.25) is 0 Å². The maximum atomic E-state index is 12.6. The van der Waals surface area contributed by atoms with Gasteiger partial charge in [0.15, 0.2) is 0 Å². The Labute approximate surface area is 151 Å². The Balaban J connectivity index is 2.33. The van der Waals surface area contributed by atoms with Crippen molar-refractivity contribution in [3.05, 3.63) is 53.6 Å². The summed E-state index contributed by atoms with van der Waals surface area (Å²) in [5, 5.41) is 9.23. The van der Waals surface area contributed by atoms with Gasteiger partial charge in [0.25, 0.3) is 9.84 Å². The summed E-state index contributed by atoms with van der Waals surface area (Å²) in [6.07, 6.45) is 0. The second-order valence-corrected chi connectivity index (χ2v) is 8.01. The number of rotatable bonds is 6. The van der Waals surface area contributed by atoms with Crippen molar-refractivity contribution in [2.24, 2.45) is 0 Å². The number of benzene rings is 2. The van der Waals surface area contributed by atoms with Gasteiger partial charge in [-0.1, -0.05) is 12.1 Å². The molecule has 2 rings (SSSR count). The Kier molecular flexibility index (Phi) is 5.87. The molecule has 0 saturated heterocycles. The summed E-state index contributed by atoms with van der Waals surface area (Å²) in [7, 11) is -4.12. The molecule has 0 aliphatic heterocycles. The molecule has 0 aliphatic rings. The molecule has 0 aromatic heterocycles. The zero-order chi connectivity index (χ0) is 19.5. The van der Waals surface area contributed by atoms with E-state index in [9.17, 15) is 31.5 Å². The van der Waals surface area contributed by atoms with E-state index in [0.29, 0.717) is 17.6 Å². The highest BCUT2D eigenvalue weighted by molar-refractivity contribution is 7.98. The zero-order valence-electron chi connectivity index (χ0n) is 13.3. The molecule has 5 nitrogen and oxygen atoms in total. The van der Waals surface area contributed by atoms with Crippen molar-refractivity contribution in [2.75, 3.05) is 7.11 Å². The minimum absolute atomic E-state index is 0.154. The number of carbonyl (C=O) groups is 1. The number of hydrogen-bond acceptors (Lipinski definition) is 5. The van der Waals surface area contributed by atoms with Gasteiger partial charge in [-0.3, -0.25) is 0 Å². The maximum Gasteiger partial charge on any atom is 0.501 e. The molecule has 140 valence electrons. The topological polar surface area (TPSA) is 80.7 Å². The predicted molar refractivity (Wildman–Crippen MR) is 89.2 cm³/mol. The summed E-state index contributed by atoms with van der Waals surface area (Å²) < 4.78 is 65.9. The molecule has 0 spiro atoms. The quantitative estimate of drug-likeness (QED) is 0.731. The van der Waals surface area contributed by atoms with Gasteiger partial charge in [0.2, 0.25) is 0 Å². The molecular formula is C16H13F3O5S2. The summed E-state index contributed by atoms with van der Waals surface area (Å²) >= 11 is 1.06. The molecule has 0 saturated carbocycles. The maximum absolute atomic E-state index is 12.6. The number of alkyl halides is 3. The first kappa shape index (κ1) is 20.1. The zero-order valence-corrected chi connectivity index (χ0v) is 14.9. The Morgan fingerprint density at radius 1 is 1.19 bits per heavy atom. The second-order valence-electron chi connectivity index (χ2n) is 5.05. The summed E-state index contributed by atoms with van der Waals surface area (Å²) in [5.74, 6) is -0.589. The highest BCUT2D eigenvalue weighted by atomic mass is 32.2. The van der Waals surface area contributed by atoms with Gasteiger partial charge in [-0.05, 0) is 35.9 Å². The molecule has 0 unspecified atom stereocenters. The highest BCUT2D eigenvalue weighted by Gasteiger charge is 2.47. The van der Waals surface area contributed by atoms with Gasteiger partial charge in [0.05, 0.1) is 17.6 Å². The molecule has 2 aromatic rings. The fraction of sp³-hybridized carbons (Fsp3) is 0.188. The average molecular weight is 406 g/mol. The summed E-state index contributed by atoms with van der Waals surface area (Å²) in [6, 6.07) is 9.32. The molecule has 0 amide bonds. The fourth-order valence-corrected chi connectivity index (χ4v) is 3.78. The molecule has 0 atom stereocenters. The van der Waals surface area contributed by atoms with Crippen LogP contribution in [0.5, 0.6) is 5.75 Å². The van der Waals surface area contributed by atoms with Crippen molar-refractivity contribution in [2.45, 2.75) is 21.1 Å². The van der Waals surface area contributed by atoms with Crippen LogP contribution in [0.1, 0.15) is 15.9 Å². The molecule has 1 N–H and O–H groups in total. The van der Waals surface area contributed by atoms with Crippen molar-refractivity contribution in [3.8, 4) is 5.75 Å². The van der Waals surface area contributed by atoms with E-state index in [1.165, 1.54) is 7.11 Å². The largest absolute Gasteiger partial charge is 0.501 e. The van der Waals surface area contributed by atoms with Gasteiger partial charge in [-0.2, -0.15) is 13.2 Å². The molecule has 0 fully saturated rings.